The van der Waals surface area contributed by atoms with Crippen molar-refractivity contribution in [3.63, 3.8) is 0 Å². The lowest BCUT2D eigenvalue weighted by atomic mass is 9.58. The molecule has 0 spiro atoms. The molecule has 0 saturated heterocycles. The molecule has 1 aliphatic carbocycles. The molecule has 94 valence electrons. The molecule has 0 amide bonds. The van der Waals surface area contributed by atoms with E-state index in [1.165, 1.54) is 17.5 Å². The highest BCUT2D eigenvalue weighted by molar-refractivity contribution is 5.49. The van der Waals surface area contributed by atoms with Crippen LogP contribution in [0.1, 0.15) is 57.7 Å². The number of phenolic OH excluding ortho intramolecular Hbond substituents is 1. The summed E-state index contributed by atoms with van der Waals surface area (Å²) < 4.78 is 0. The van der Waals surface area contributed by atoms with Crippen LogP contribution in [0.2, 0.25) is 0 Å². The van der Waals surface area contributed by atoms with Gasteiger partial charge in [0.2, 0.25) is 0 Å². The van der Waals surface area contributed by atoms with Gasteiger partial charge in [0.25, 0.3) is 0 Å². The first kappa shape index (κ1) is 12.5. The zero-order valence-electron chi connectivity index (χ0n) is 11.9. The van der Waals surface area contributed by atoms with Crippen LogP contribution in [-0.4, -0.2) is 5.11 Å². The van der Waals surface area contributed by atoms with E-state index >= 15 is 0 Å². The molecule has 1 atom stereocenters. The van der Waals surface area contributed by atoms with E-state index in [1.807, 2.05) is 13.0 Å². The van der Waals surface area contributed by atoms with Crippen LogP contribution >= 0.6 is 0 Å². The predicted octanol–water partition coefficient (Wildman–Crippen LogP) is 4.30. The summed E-state index contributed by atoms with van der Waals surface area (Å²) in [5.74, 6) is 1.09. The molecular weight excluding hydrogens is 208 g/mol. The molecule has 1 heteroatoms. The predicted molar refractivity (Wildman–Crippen MR) is 72.7 cm³/mol. The van der Waals surface area contributed by atoms with Gasteiger partial charge in [-0.25, -0.2) is 0 Å². The lowest BCUT2D eigenvalue weighted by Gasteiger charge is -2.46. The Bertz CT molecular complexity index is 455. The average Bonchev–Trinajstić information content (AvgIpc) is 2.18. The van der Waals surface area contributed by atoms with Crippen LogP contribution in [0, 0.1) is 12.8 Å². The van der Waals surface area contributed by atoms with E-state index in [0.29, 0.717) is 11.7 Å². The Hall–Kier alpha value is -0.980. The third-order valence-electron chi connectivity index (χ3n) is 4.81. The fraction of sp³-hybridized carbons (Fsp3) is 0.625. The van der Waals surface area contributed by atoms with Crippen molar-refractivity contribution in [2.45, 2.75) is 58.8 Å². The number of hydrogen-bond donors (Lipinski definition) is 1. The quantitative estimate of drug-likeness (QED) is 0.707. The molecule has 17 heavy (non-hydrogen) atoms. The molecule has 0 saturated carbocycles. The van der Waals surface area contributed by atoms with Gasteiger partial charge in [-0.15, -0.1) is 0 Å². The van der Waals surface area contributed by atoms with E-state index in [0.717, 1.165) is 5.56 Å². The highest BCUT2D eigenvalue weighted by Gasteiger charge is 2.42. The molecule has 1 aliphatic rings. The van der Waals surface area contributed by atoms with E-state index in [2.05, 4.69) is 40.7 Å². The summed E-state index contributed by atoms with van der Waals surface area (Å²) in [6.45, 7) is 13.5. The Morgan fingerprint density at radius 3 is 2.29 bits per heavy atom. The van der Waals surface area contributed by atoms with E-state index in [9.17, 15) is 5.11 Å². The van der Waals surface area contributed by atoms with Crippen molar-refractivity contribution in [1.29, 1.82) is 0 Å². The van der Waals surface area contributed by atoms with Gasteiger partial charge in [-0.2, -0.15) is 0 Å². The number of aryl methyl sites for hydroxylation is 1. The second-order valence-corrected chi connectivity index (χ2v) is 6.90. The van der Waals surface area contributed by atoms with Crippen LogP contribution in [0.5, 0.6) is 5.75 Å². The van der Waals surface area contributed by atoms with Crippen LogP contribution in [0.25, 0.3) is 0 Å². The number of benzene rings is 1. The van der Waals surface area contributed by atoms with Gasteiger partial charge in [0.1, 0.15) is 5.75 Å². The van der Waals surface area contributed by atoms with Crippen molar-refractivity contribution in [1.82, 2.24) is 0 Å². The van der Waals surface area contributed by atoms with Crippen LogP contribution in [0.3, 0.4) is 0 Å². The van der Waals surface area contributed by atoms with Gasteiger partial charge in [-0.3, -0.25) is 0 Å². The number of aromatic hydroxyl groups is 1. The lowest BCUT2D eigenvalue weighted by molar-refractivity contribution is 0.232. The minimum absolute atomic E-state index is 0.162. The van der Waals surface area contributed by atoms with Crippen molar-refractivity contribution in [2.24, 2.45) is 5.92 Å². The first-order valence-electron chi connectivity index (χ1n) is 6.51. The largest absolute Gasteiger partial charge is 0.508 e. The summed E-state index contributed by atoms with van der Waals surface area (Å²) >= 11 is 0. The highest BCUT2D eigenvalue weighted by Crippen LogP contribution is 2.50. The first-order chi connectivity index (χ1) is 7.66. The summed E-state index contributed by atoms with van der Waals surface area (Å²) in [6, 6.07) is 4.17. The Kier molecular flexibility index (Phi) is 2.57. The van der Waals surface area contributed by atoms with Crippen LogP contribution in [-0.2, 0) is 10.8 Å². The Morgan fingerprint density at radius 1 is 1.12 bits per heavy atom. The molecule has 1 nitrogen and oxygen atoms in total. The van der Waals surface area contributed by atoms with Crippen molar-refractivity contribution in [3.05, 3.63) is 28.8 Å². The summed E-state index contributed by atoms with van der Waals surface area (Å²) in [6.07, 6.45) is 1.18. The number of phenols is 1. The van der Waals surface area contributed by atoms with Crippen molar-refractivity contribution >= 4 is 0 Å². The third kappa shape index (κ3) is 1.76. The zero-order chi connectivity index (χ0) is 13.0. The number of fused-ring (bicyclic) bond motifs is 1. The van der Waals surface area contributed by atoms with Crippen molar-refractivity contribution in [2.75, 3.05) is 0 Å². The van der Waals surface area contributed by atoms with Gasteiger partial charge < -0.3 is 5.11 Å². The van der Waals surface area contributed by atoms with Crippen LogP contribution in [0.15, 0.2) is 12.1 Å². The van der Waals surface area contributed by atoms with Gasteiger partial charge >= 0.3 is 0 Å². The SMILES string of the molecule is Cc1cc2c(cc1O)C(C)(C)CC(C)C2(C)C. The molecule has 0 fully saturated rings. The van der Waals surface area contributed by atoms with Gasteiger partial charge in [0.05, 0.1) is 0 Å². The van der Waals surface area contributed by atoms with Crippen LogP contribution < -0.4 is 0 Å². The minimum Gasteiger partial charge on any atom is -0.508 e. The Balaban J connectivity index is 2.73. The summed E-state index contributed by atoms with van der Waals surface area (Å²) in [7, 11) is 0. The van der Waals surface area contributed by atoms with Crippen molar-refractivity contribution < 1.29 is 5.11 Å². The monoisotopic (exact) mass is 232 g/mol. The average molecular weight is 232 g/mol. The molecule has 1 aromatic carbocycles. The van der Waals surface area contributed by atoms with Gasteiger partial charge in [-0.1, -0.05) is 40.7 Å². The fourth-order valence-electron chi connectivity index (χ4n) is 3.19. The zero-order valence-corrected chi connectivity index (χ0v) is 11.9. The Morgan fingerprint density at radius 2 is 1.71 bits per heavy atom. The maximum atomic E-state index is 9.94. The second kappa shape index (κ2) is 3.51. The van der Waals surface area contributed by atoms with E-state index in [1.54, 1.807) is 0 Å². The molecular formula is C16H24O. The molecule has 2 rings (SSSR count). The van der Waals surface area contributed by atoms with E-state index in [-0.39, 0.29) is 10.8 Å². The van der Waals surface area contributed by atoms with Crippen molar-refractivity contribution in [3.8, 4) is 5.75 Å². The number of hydrogen-bond acceptors (Lipinski definition) is 1. The maximum absolute atomic E-state index is 9.94. The topological polar surface area (TPSA) is 20.2 Å². The molecule has 0 aromatic heterocycles. The smallest absolute Gasteiger partial charge is 0.118 e. The fourth-order valence-corrected chi connectivity index (χ4v) is 3.19. The normalized spacial score (nSPS) is 25.4. The van der Waals surface area contributed by atoms with Gasteiger partial charge in [-0.05, 0) is 52.8 Å². The molecule has 0 aliphatic heterocycles. The van der Waals surface area contributed by atoms with E-state index in [4.69, 9.17) is 0 Å². The van der Waals surface area contributed by atoms with Gasteiger partial charge in [0, 0.05) is 0 Å². The van der Waals surface area contributed by atoms with Crippen LogP contribution in [0.4, 0.5) is 0 Å². The summed E-state index contributed by atoms with van der Waals surface area (Å²) in [4.78, 5) is 0. The maximum Gasteiger partial charge on any atom is 0.118 e. The molecule has 1 aromatic rings. The summed E-state index contributed by atoms with van der Waals surface area (Å²) in [5, 5.41) is 9.94. The standard InChI is InChI=1S/C16H24O/c1-10-7-13-12(8-14(10)17)15(3,4)9-11(2)16(13,5)6/h7-8,11,17H,9H2,1-6H3. The first-order valence-corrected chi connectivity index (χ1v) is 6.51. The van der Waals surface area contributed by atoms with E-state index < -0.39 is 0 Å². The third-order valence-corrected chi connectivity index (χ3v) is 4.81. The number of rotatable bonds is 0. The highest BCUT2D eigenvalue weighted by atomic mass is 16.3. The molecule has 1 N–H and O–H groups in total. The second-order valence-electron chi connectivity index (χ2n) is 6.90. The summed E-state index contributed by atoms with van der Waals surface area (Å²) in [5.41, 5.74) is 4.08. The molecule has 0 heterocycles. The molecule has 1 unspecified atom stereocenters. The molecule has 0 bridgehead atoms. The Labute approximate surface area is 105 Å². The van der Waals surface area contributed by atoms with Gasteiger partial charge in [0.15, 0.2) is 0 Å². The lowest BCUT2D eigenvalue weighted by Crippen LogP contribution is -2.40. The minimum atomic E-state index is 0.162. The molecule has 0 radical (unpaired) electrons.